The van der Waals surface area contributed by atoms with Crippen molar-refractivity contribution in [1.29, 1.82) is 0 Å². The molecule has 0 saturated carbocycles. The number of methoxy groups -OCH3 is 2. The minimum atomic E-state index is -1.05. The summed E-state index contributed by atoms with van der Waals surface area (Å²) in [6.45, 7) is 1.91. The molecule has 9 heteroatoms. The Labute approximate surface area is 184 Å². The van der Waals surface area contributed by atoms with Gasteiger partial charge in [0.25, 0.3) is 5.91 Å². The van der Waals surface area contributed by atoms with Crippen molar-refractivity contribution >= 4 is 11.9 Å². The number of amides is 1. The number of carboxylic acids is 1. The van der Waals surface area contributed by atoms with Crippen molar-refractivity contribution in [3.05, 3.63) is 71.3 Å². The van der Waals surface area contributed by atoms with E-state index in [4.69, 9.17) is 9.47 Å². The summed E-state index contributed by atoms with van der Waals surface area (Å²) in [7, 11) is 2.77. The standard InChI is InChI=1S/C23H22FN3O5/c1-13-4-6-14(7-5-13)17(12-20(28)29)26-22(30)16-9-10-18(31-2)21(25-16)15-8-11-19(24)27-23(15)32-3/h4-11,17H,12H2,1-3H3,(H,26,30)(H,28,29)/t17-/m0/s1. The Morgan fingerprint density at radius 1 is 1.03 bits per heavy atom. The number of carboxylic acid groups (broad SMARTS) is 1. The molecule has 0 aliphatic heterocycles. The molecule has 0 aliphatic carbocycles. The average Bonchev–Trinajstić information content (AvgIpc) is 2.78. The number of nitrogens with one attached hydrogen (secondary N) is 1. The number of halogens is 1. The van der Waals surface area contributed by atoms with E-state index < -0.39 is 23.9 Å². The molecular weight excluding hydrogens is 417 g/mol. The second kappa shape index (κ2) is 9.86. The number of rotatable bonds is 8. The van der Waals surface area contributed by atoms with Crippen molar-refractivity contribution in [3.8, 4) is 22.9 Å². The highest BCUT2D eigenvalue weighted by atomic mass is 19.1. The molecule has 3 rings (SSSR count). The Kier molecular flexibility index (Phi) is 6.99. The lowest BCUT2D eigenvalue weighted by Crippen LogP contribution is -2.31. The van der Waals surface area contributed by atoms with Crippen LogP contribution in [0.2, 0.25) is 0 Å². The topological polar surface area (TPSA) is 111 Å². The molecule has 0 bridgehead atoms. The van der Waals surface area contributed by atoms with Gasteiger partial charge < -0.3 is 19.9 Å². The van der Waals surface area contributed by atoms with E-state index in [1.807, 2.05) is 19.1 Å². The molecule has 1 atom stereocenters. The maximum Gasteiger partial charge on any atom is 0.305 e. The summed E-state index contributed by atoms with van der Waals surface area (Å²) in [6.07, 6.45) is -0.298. The maximum absolute atomic E-state index is 13.5. The number of ether oxygens (including phenoxy) is 2. The fourth-order valence-corrected chi connectivity index (χ4v) is 3.14. The van der Waals surface area contributed by atoms with Gasteiger partial charge in [-0.25, -0.2) is 4.98 Å². The van der Waals surface area contributed by atoms with Gasteiger partial charge in [0.15, 0.2) is 0 Å². The summed E-state index contributed by atoms with van der Waals surface area (Å²) < 4.78 is 24.0. The second-order valence-corrected chi connectivity index (χ2v) is 6.97. The lowest BCUT2D eigenvalue weighted by Gasteiger charge is -2.18. The summed E-state index contributed by atoms with van der Waals surface area (Å²) in [4.78, 5) is 32.4. The SMILES string of the molecule is COc1ccc(C(=O)N[C@@H](CC(=O)O)c2ccc(C)cc2)nc1-c1ccc(F)nc1OC. The summed E-state index contributed by atoms with van der Waals surface area (Å²) in [6, 6.07) is 12.0. The molecule has 0 saturated heterocycles. The van der Waals surface area contributed by atoms with Crippen molar-refractivity contribution in [3.63, 3.8) is 0 Å². The Bertz CT molecular complexity index is 1130. The summed E-state index contributed by atoms with van der Waals surface area (Å²) in [5.41, 5.74) is 2.26. The molecule has 166 valence electrons. The highest BCUT2D eigenvalue weighted by Crippen LogP contribution is 2.34. The third kappa shape index (κ3) is 5.18. The number of hydrogen-bond acceptors (Lipinski definition) is 6. The maximum atomic E-state index is 13.5. The third-order valence-corrected chi connectivity index (χ3v) is 4.75. The molecule has 3 aromatic rings. The van der Waals surface area contributed by atoms with Crippen LogP contribution in [0.3, 0.4) is 0 Å². The van der Waals surface area contributed by atoms with Crippen LogP contribution in [0.15, 0.2) is 48.5 Å². The number of carbonyl (C=O) groups excluding carboxylic acids is 1. The van der Waals surface area contributed by atoms with Gasteiger partial charge in [-0.1, -0.05) is 29.8 Å². The molecule has 8 nitrogen and oxygen atoms in total. The Morgan fingerprint density at radius 2 is 1.75 bits per heavy atom. The van der Waals surface area contributed by atoms with Crippen LogP contribution in [0.25, 0.3) is 11.3 Å². The van der Waals surface area contributed by atoms with Crippen LogP contribution >= 0.6 is 0 Å². The van der Waals surface area contributed by atoms with E-state index in [0.29, 0.717) is 16.9 Å². The van der Waals surface area contributed by atoms with Gasteiger partial charge in [0, 0.05) is 0 Å². The first-order valence-corrected chi connectivity index (χ1v) is 9.67. The quantitative estimate of drug-likeness (QED) is 0.517. The van der Waals surface area contributed by atoms with Crippen molar-refractivity contribution in [1.82, 2.24) is 15.3 Å². The highest BCUT2D eigenvalue weighted by Gasteiger charge is 2.22. The van der Waals surface area contributed by atoms with Crippen LogP contribution in [0.1, 0.15) is 34.1 Å². The first-order valence-electron chi connectivity index (χ1n) is 9.67. The lowest BCUT2D eigenvalue weighted by molar-refractivity contribution is -0.137. The number of aromatic nitrogens is 2. The van der Waals surface area contributed by atoms with Gasteiger partial charge in [0.1, 0.15) is 17.1 Å². The first kappa shape index (κ1) is 22.7. The molecular formula is C23H22FN3O5. The van der Waals surface area contributed by atoms with E-state index in [-0.39, 0.29) is 23.7 Å². The van der Waals surface area contributed by atoms with Gasteiger partial charge in [-0.2, -0.15) is 9.37 Å². The van der Waals surface area contributed by atoms with E-state index >= 15 is 0 Å². The van der Waals surface area contributed by atoms with Crippen LogP contribution < -0.4 is 14.8 Å². The largest absolute Gasteiger partial charge is 0.494 e. The van der Waals surface area contributed by atoms with Crippen LogP contribution in [0.4, 0.5) is 4.39 Å². The zero-order valence-electron chi connectivity index (χ0n) is 17.8. The summed E-state index contributed by atoms with van der Waals surface area (Å²) >= 11 is 0. The molecule has 0 unspecified atom stereocenters. The number of hydrogen-bond donors (Lipinski definition) is 2. The number of aliphatic carboxylic acids is 1. The highest BCUT2D eigenvalue weighted by molar-refractivity contribution is 5.94. The van der Waals surface area contributed by atoms with E-state index in [2.05, 4.69) is 15.3 Å². The number of pyridine rings is 2. The predicted molar refractivity (Wildman–Crippen MR) is 114 cm³/mol. The van der Waals surface area contributed by atoms with Gasteiger partial charge >= 0.3 is 5.97 Å². The van der Waals surface area contributed by atoms with Crippen LogP contribution in [0.5, 0.6) is 11.6 Å². The van der Waals surface area contributed by atoms with Crippen LogP contribution in [0, 0.1) is 12.9 Å². The monoisotopic (exact) mass is 439 g/mol. The van der Waals surface area contributed by atoms with E-state index in [1.165, 1.54) is 32.4 Å². The van der Waals surface area contributed by atoms with Gasteiger partial charge in [-0.05, 0) is 36.8 Å². The Balaban J connectivity index is 1.96. The van der Waals surface area contributed by atoms with Gasteiger partial charge in [-0.3, -0.25) is 9.59 Å². The zero-order valence-corrected chi connectivity index (χ0v) is 17.8. The molecule has 2 aromatic heterocycles. The molecule has 32 heavy (non-hydrogen) atoms. The van der Waals surface area contributed by atoms with Gasteiger partial charge in [-0.15, -0.1) is 0 Å². The fraction of sp³-hybridized carbons (Fsp3) is 0.217. The van der Waals surface area contributed by atoms with Crippen molar-refractivity contribution in [2.75, 3.05) is 14.2 Å². The Hall–Kier alpha value is -4.01. The number of aryl methyl sites for hydroxylation is 1. The fourth-order valence-electron chi connectivity index (χ4n) is 3.14. The van der Waals surface area contributed by atoms with Crippen LogP contribution in [-0.2, 0) is 4.79 Å². The van der Waals surface area contributed by atoms with Crippen LogP contribution in [-0.4, -0.2) is 41.2 Å². The summed E-state index contributed by atoms with van der Waals surface area (Å²) in [5.74, 6) is -2.05. The van der Waals surface area contributed by atoms with Crippen molar-refractivity contribution in [2.45, 2.75) is 19.4 Å². The predicted octanol–water partition coefficient (Wildman–Crippen LogP) is 3.55. The van der Waals surface area contributed by atoms with Gasteiger partial charge in [0.2, 0.25) is 11.8 Å². The van der Waals surface area contributed by atoms with E-state index in [9.17, 15) is 19.1 Å². The van der Waals surface area contributed by atoms with Gasteiger partial charge in [0.05, 0.1) is 32.2 Å². The minimum absolute atomic E-state index is 0.0169. The van der Waals surface area contributed by atoms with E-state index in [0.717, 1.165) is 11.6 Å². The third-order valence-electron chi connectivity index (χ3n) is 4.75. The summed E-state index contributed by atoms with van der Waals surface area (Å²) in [5, 5.41) is 12.0. The molecule has 2 N–H and O–H groups in total. The Morgan fingerprint density at radius 3 is 2.38 bits per heavy atom. The first-order chi connectivity index (χ1) is 15.3. The van der Waals surface area contributed by atoms with Crippen molar-refractivity contribution in [2.24, 2.45) is 0 Å². The number of nitrogens with zero attached hydrogens (tertiary/aromatic N) is 2. The molecule has 0 fully saturated rings. The van der Waals surface area contributed by atoms with E-state index in [1.54, 1.807) is 12.1 Å². The molecule has 0 radical (unpaired) electrons. The van der Waals surface area contributed by atoms with Crippen molar-refractivity contribution < 1.29 is 28.6 Å². The second-order valence-electron chi connectivity index (χ2n) is 6.97. The molecule has 2 heterocycles. The zero-order chi connectivity index (χ0) is 23.3. The molecule has 0 aliphatic rings. The molecule has 1 amide bonds. The minimum Gasteiger partial charge on any atom is -0.494 e. The molecule has 0 spiro atoms. The number of carbonyl (C=O) groups is 2. The lowest BCUT2D eigenvalue weighted by atomic mass is 10.0. The number of benzene rings is 1. The smallest absolute Gasteiger partial charge is 0.305 e. The normalized spacial score (nSPS) is 11.5. The molecule has 1 aromatic carbocycles. The average molecular weight is 439 g/mol.